The molecule has 1 heterocycles. The normalized spacial score (nSPS) is 10.7. The summed E-state index contributed by atoms with van der Waals surface area (Å²) in [5.41, 5.74) is 2.51. The van der Waals surface area contributed by atoms with Crippen LogP contribution in [0, 0.1) is 19.7 Å². The van der Waals surface area contributed by atoms with Gasteiger partial charge in [-0.25, -0.2) is 4.39 Å². The standard InChI is InChI=1S/C13H14ClFN2O/c1-8-4-5-11(15)12(6-8)18-7-10-9(2)16-17(3)13(10)14/h4-6H,7H2,1-3H3. The van der Waals surface area contributed by atoms with Gasteiger partial charge in [-0.3, -0.25) is 4.68 Å². The molecule has 3 nitrogen and oxygen atoms in total. The molecule has 0 atom stereocenters. The highest BCUT2D eigenvalue weighted by atomic mass is 35.5. The SMILES string of the molecule is Cc1ccc(F)c(OCc2c(C)nn(C)c2Cl)c1. The molecule has 2 aromatic rings. The van der Waals surface area contributed by atoms with Crippen molar-refractivity contribution in [3.05, 3.63) is 46.0 Å². The molecule has 0 bridgehead atoms. The predicted octanol–water partition coefficient (Wildman–Crippen LogP) is 3.41. The van der Waals surface area contributed by atoms with Crippen molar-refractivity contribution in [3.8, 4) is 5.75 Å². The van der Waals surface area contributed by atoms with Gasteiger partial charge in [0.2, 0.25) is 0 Å². The number of aromatic nitrogens is 2. The van der Waals surface area contributed by atoms with Crippen LogP contribution in [0.4, 0.5) is 4.39 Å². The summed E-state index contributed by atoms with van der Waals surface area (Å²) < 4.78 is 20.5. The third-order valence-corrected chi connectivity index (χ3v) is 3.20. The van der Waals surface area contributed by atoms with Gasteiger partial charge in [-0.1, -0.05) is 17.7 Å². The second-order valence-corrected chi connectivity index (χ2v) is 4.56. The molecule has 5 heteroatoms. The molecule has 1 aromatic heterocycles. The van der Waals surface area contributed by atoms with E-state index in [0.29, 0.717) is 5.15 Å². The molecule has 0 unspecified atom stereocenters. The lowest BCUT2D eigenvalue weighted by atomic mass is 10.2. The highest BCUT2D eigenvalue weighted by Gasteiger charge is 2.12. The minimum Gasteiger partial charge on any atom is -0.486 e. The van der Waals surface area contributed by atoms with Crippen molar-refractivity contribution in [1.82, 2.24) is 9.78 Å². The van der Waals surface area contributed by atoms with Gasteiger partial charge in [0.1, 0.15) is 11.8 Å². The third-order valence-electron chi connectivity index (χ3n) is 2.73. The Labute approximate surface area is 110 Å². The summed E-state index contributed by atoms with van der Waals surface area (Å²) >= 11 is 6.08. The van der Waals surface area contributed by atoms with E-state index in [4.69, 9.17) is 16.3 Å². The van der Waals surface area contributed by atoms with Crippen molar-refractivity contribution in [2.75, 3.05) is 0 Å². The van der Waals surface area contributed by atoms with Gasteiger partial charge >= 0.3 is 0 Å². The number of hydrogen-bond acceptors (Lipinski definition) is 2. The summed E-state index contributed by atoms with van der Waals surface area (Å²) in [5.74, 6) is -0.146. The van der Waals surface area contributed by atoms with Gasteiger partial charge in [0.25, 0.3) is 0 Å². The molecular weight excluding hydrogens is 255 g/mol. The number of aryl methyl sites for hydroxylation is 3. The zero-order chi connectivity index (χ0) is 13.3. The first-order valence-corrected chi connectivity index (χ1v) is 5.93. The van der Waals surface area contributed by atoms with Gasteiger partial charge in [0.15, 0.2) is 11.6 Å². The molecular formula is C13H14ClFN2O. The van der Waals surface area contributed by atoms with E-state index in [9.17, 15) is 4.39 Å². The largest absolute Gasteiger partial charge is 0.486 e. The zero-order valence-electron chi connectivity index (χ0n) is 10.5. The van der Waals surface area contributed by atoms with Crippen molar-refractivity contribution in [2.45, 2.75) is 20.5 Å². The lowest BCUT2D eigenvalue weighted by Gasteiger charge is -2.08. The topological polar surface area (TPSA) is 27.1 Å². The number of hydrogen-bond donors (Lipinski definition) is 0. The van der Waals surface area contributed by atoms with Gasteiger partial charge in [-0.15, -0.1) is 0 Å². The number of nitrogens with zero attached hydrogens (tertiary/aromatic N) is 2. The van der Waals surface area contributed by atoms with Crippen molar-refractivity contribution in [1.29, 1.82) is 0 Å². The molecule has 0 radical (unpaired) electrons. The second kappa shape index (κ2) is 4.98. The van der Waals surface area contributed by atoms with Crippen LogP contribution in [-0.4, -0.2) is 9.78 Å². The van der Waals surface area contributed by atoms with E-state index < -0.39 is 0 Å². The van der Waals surface area contributed by atoms with Crippen molar-refractivity contribution in [2.24, 2.45) is 7.05 Å². The highest BCUT2D eigenvalue weighted by Crippen LogP contribution is 2.23. The van der Waals surface area contributed by atoms with Crippen molar-refractivity contribution in [3.63, 3.8) is 0 Å². The number of benzene rings is 1. The minimum absolute atomic E-state index is 0.207. The Kier molecular flexibility index (Phi) is 3.57. The average Bonchev–Trinajstić information content (AvgIpc) is 2.55. The van der Waals surface area contributed by atoms with Crippen LogP contribution in [0.5, 0.6) is 5.75 Å². The van der Waals surface area contributed by atoms with Gasteiger partial charge in [0, 0.05) is 12.6 Å². The Morgan fingerprint density at radius 2 is 2.11 bits per heavy atom. The maximum absolute atomic E-state index is 13.5. The molecule has 1 aromatic carbocycles. The van der Waals surface area contributed by atoms with Crippen LogP contribution in [0.3, 0.4) is 0 Å². The third kappa shape index (κ3) is 2.48. The molecule has 0 saturated carbocycles. The summed E-state index contributed by atoms with van der Waals surface area (Å²) in [6.07, 6.45) is 0. The Bertz CT molecular complexity index is 581. The quantitative estimate of drug-likeness (QED) is 0.853. The van der Waals surface area contributed by atoms with Gasteiger partial charge < -0.3 is 4.74 Å². The van der Waals surface area contributed by atoms with Crippen LogP contribution in [-0.2, 0) is 13.7 Å². The second-order valence-electron chi connectivity index (χ2n) is 4.20. The van der Waals surface area contributed by atoms with E-state index in [2.05, 4.69) is 5.10 Å². The summed E-state index contributed by atoms with van der Waals surface area (Å²) in [6.45, 7) is 3.94. The minimum atomic E-state index is -0.377. The molecule has 0 N–H and O–H groups in total. The lowest BCUT2D eigenvalue weighted by molar-refractivity contribution is 0.289. The molecule has 0 aliphatic carbocycles. The Morgan fingerprint density at radius 1 is 1.39 bits per heavy atom. The number of rotatable bonds is 3. The number of halogens is 2. The van der Waals surface area contributed by atoms with Crippen LogP contribution in [0.2, 0.25) is 5.15 Å². The van der Waals surface area contributed by atoms with Crippen molar-refractivity contribution < 1.29 is 9.13 Å². The molecule has 0 aliphatic heterocycles. The van der Waals surface area contributed by atoms with Crippen LogP contribution in [0.25, 0.3) is 0 Å². The van der Waals surface area contributed by atoms with Gasteiger partial charge in [-0.2, -0.15) is 5.10 Å². The van der Waals surface area contributed by atoms with E-state index in [0.717, 1.165) is 16.8 Å². The average molecular weight is 269 g/mol. The summed E-state index contributed by atoms with van der Waals surface area (Å²) in [6, 6.07) is 4.75. The molecule has 0 saturated heterocycles. The molecule has 18 heavy (non-hydrogen) atoms. The van der Waals surface area contributed by atoms with Gasteiger partial charge in [0.05, 0.1) is 5.69 Å². The molecule has 0 aliphatic rings. The van der Waals surface area contributed by atoms with E-state index in [1.807, 2.05) is 13.8 Å². The fourth-order valence-corrected chi connectivity index (χ4v) is 1.94. The van der Waals surface area contributed by atoms with E-state index in [1.165, 1.54) is 6.07 Å². The summed E-state index contributed by atoms with van der Waals surface area (Å²) in [5, 5.41) is 4.69. The Balaban J connectivity index is 2.19. The fourth-order valence-electron chi connectivity index (χ4n) is 1.71. The van der Waals surface area contributed by atoms with Crippen LogP contribution >= 0.6 is 11.6 Å². The van der Waals surface area contributed by atoms with E-state index in [1.54, 1.807) is 23.9 Å². The van der Waals surface area contributed by atoms with E-state index in [-0.39, 0.29) is 18.2 Å². The van der Waals surface area contributed by atoms with E-state index >= 15 is 0 Å². The van der Waals surface area contributed by atoms with Gasteiger partial charge in [-0.05, 0) is 31.5 Å². The summed E-state index contributed by atoms with van der Waals surface area (Å²) in [4.78, 5) is 0. The fraction of sp³-hybridized carbons (Fsp3) is 0.308. The molecule has 96 valence electrons. The first-order chi connectivity index (χ1) is 8.49. The lowest BCUT2D eigenvalue weighted by Crippen LogP contribution is -1.99. The highest BCUT2D eigenvalue weighted by molar-refractivity contribution is 6.30. The van der Waals surface area contributed by atoms with Crippen LogP contribution in [0.15, 0.2) is 18.2 Å². The first kappa shape index (κ1) is 12.9. The molecule has 0 spiro atoms. The zero-order valence-corrected chi connectivity index (χ0v) is 11.3. The van der Waals surface area contributed by atoms with Crippen LogP contribution in [0.1, 0.15) is 16.8 Å². The smallest absolute Gasteiger partial charge is 0.165 e. The Hall–Kier alpha value is -1.55. The summed E-state index contributed by atoms with van der Waals surface area (Å²) in [7, 11) is 1.76. The molecule has 2 rings (SSSR count). The predicted molar refractivity (Wildman–Crippen MR) is 68.4 cm³/mol. The first-order valence-electron chi connectivity index (χ1n) is 5.56. The molecule has 0 amide bonds. The maximum Gasteiger partial charge on any atom is 0.165 e. The monoisotopic (exact) mass is 268 g/mol. The molecule has 0 fully saturated rings. The maximum atomic E-state index is 13.5. The van der Waals surface area contributed by atoms with Crippen molar-refractivity contribution >= 4 is 11.6 Å². The Morgan fingerprint density at radius 3 is 2.72 bits per heavy atom. The van der Waals surface area contributed by atoms with Crippen LogP contribution < -0.4 is 4.74 Å². The number of ether oxygens (including phenoxy) is 1.